The van der Waals surface area contributed by atoms with E-state index in [0.29, 0.717) is 12.5 Å². The van der Waals surface area contributed by atoms with Crippen LogP contribution in [0.4, 0.5) is 5.69 Å². The predicted octanol–water partition coefficient (Wildman–Crippen LogP) is 3.78. The van der Waals surface area contributed by atoms with Gasteiger partial charge in [-0.1, -0.05) is 32.0 Å². The average molecular weight is 286 g/mol. The van der Waals surface area contributed by atoms with Crippen molar-refractivity contribution in [1.82, 2.24) is 4.98 Å². The summed E-state index contributed by atoms with van der Waals surface area (Å²) in [4.78, 5) is 15.3. The SMILES string of the molecule is CC(C)CC(CNc1ccnc2ccccc12)CC(=O)O. The number of carboxylic acids is 1. The zero-order valence-corrected chi connectivity index (χ0v) is 12.5. The van der Waals surface area contributed by atoms with Gasteiger partial charge in [-0.3, -0.25) is 9.78 Å². The topological polar surface area (TPSA) is 62.2 Å². The summed E-state index contributed by atoms with van der Waals surface area (Å²) in [6, 6.07) is 9.89. The van der Waals surface area contributed by atoms with Crippen LogP contribution in [-0.2, 0) is 4.79 Å². The molecule has 2 rings (SSSR count). The highest BCUT2D eigenvalue weighted by atomic mass is 16.4. The third-order valence-electron chi connectivity index (χ3n) is 3.50. The quantitative estimate of drug-likeness (QED) is 0.813. The first kappa shape index (κ1) is 15.3. The Hall–Kier alpha value is -2.10. The molecule has 2 N–H and O–H groups in total. The van der Waals surface area contributed by atoms with E-state index < -0.39 is 5.97 Å². The molecule has 0 saturated carbocycles. The first-order valence-electron chi connectivity index (χ1n) is 7.35. The van der Waals surface area contributed by atoms with Gasteiger partial charge in [-0.2, -0.15) is 0 Å². The summed E-state index contributed by atoms with van der Waals surface area (Å²) in [5.41, 5.74) is 1.96. The van der Waals surface area contributed by atoms with Gasteiger partial charge in [0.1, 0.15) is 0 Å². The molecule has 0 radical (unpaired) electrons. The van der Waals surface area contributed by atoms with E-state index in [1.54, 1.807) is 6.20 Å². The third-order valence-corrected chi connectivity index (χ3v) is 3.50. The fraction of sp³-hybridized carbons (Fsp3) is 0.412. The second-order valence-electron chi connectivity index (χ2n) is 5.85. The number of pyridine rings is 1. The lowest BCUT2D eigenvalue weighted by molar-refractivity contribution is -0.138. The van der Waals surface area contributed by atoms with Crippen LogP contribution >= 0.6 is 0 Å². The Labute approximate surface area is 125 Å². The Balaban J connectivity index is 2.09. The molecule has 0 aliphatic rings. The molecule has 21 heavy (non-hydrogen) atoms. The predicted molar refractivity (Wildman–Crippen MR) is 85.4 cm³/mol. The maximum absolute atomic E-state index is 11.0. The standard InChI is InChI=1S/C17H22N2O2/c1-12(2)9-13(10-17(20)21)11-19-16-7-8-18-15-6-4-3-5-14(15)16/h3-8,12-13H,9-11H2,1-2H3,(H,18,19)(H,20,21). The lowest BCUT2D eigenvalue weighted by Gasteiger charge is -2.19. The number of aliphatic carboxylic acids is 1. The van der Waals surface area contributed by atoms with Gasteiger partial charge in [-0.15, -0.1) is 0 Å². The number of benzene rings is 1. The van der Waals surface area contributed by atoms with Gasteiger partial charge in [0.25, 0.3) is 0 Å². The molecule has 0 fully saturated rings. The van der Waals surface area contributed by atoms with E-state index in [9.17, 15) is 4.79 Å². The van der Waals surface area contributed by atoms with E-state index in [4.69, 9.17) is 5.11 Å². The van der Waals surface area contributed by atoms with Gasteiger partial charge in [-0.05, 0) is 30.4 Å². The maximum Gasteiger partial charge on any atom is 0.303 e. The molecule has 0 aliphatic heterocycles. The van der Waals surface area contributed by atoms with Gasteiger partial charge in [0, 0.05) is 30.2 Å². The number of carbonyl (C=O) groups is 1. The van der Waals surface area contributed by atoms with Gasteiger partial charge >= 0.3 is 5.97 Å². The molecule has 0 aliphatic carbocycles. The van der Waals surface area contributed by atoms with Crippen LogP contribution in [0.1, 0.15) is 26.7 Å². The number of anilines is 1. The molecule has 1 heterocycles. The number of rotatable bonds is 7. The van der Waals surface area contributed by atoms with Crippen molar-refractivity contribution in [3.05, 3.63) is 36.5 Å². The lowest BCUT2D eigenvalue weighted by atomic mass is 9.94. The van der Waals surface area contributed by atoms with Crippen LogP contribution in [0.5, 0.6) is 0 Å². The highest BCUT2D eigenvalue weighted by Crippen LogP contribution is 2.23. The molecule has 0 spiro atoms. The van der Waals surface area contributed by atoms with Crippen LogP contribution in [0, 0.1) is 11.8 Å². The van der Waals surface area contributed by atoms with E-state index in [0.717, 1.165) is 23.0 Å². The molecule has 0 saturated heterocycles. The van der Waals surface area contributed by atoms with E-state index in [1.807, 2.05) is 30.3 Å². The van der Waals surface area contributed by atoms with Crippen LogP contribution in [0.3, 0.4) is 0 Å². The molecule has 4 nitrogen and oxygen atoms in total. The van der Waals surface area contributed by atoms with Gasteiger partial charge in [0.2, 0.25) is 0 Å². The van der Waals surface area contributed by atoms with Gasteiger partial charge < -0.3 is 10.4 Å². The summed E-state index contributed by atoms with van der Waals surface area (Å²) >= 11 is 0. The lowest BCUT2D eigenvalue weighted by Crippen LogP contribution is -2.19. The molecule has 1 unspecified atom stereocenters. The fourth-order valence-corrected chi connectivity index (χ4v) is 2.66. The van der Waals surface area contributed by atoms with E-state index in [2.05, 4.69) is 24.1 Å². The van der Waals surface area contributed by atoms with Crippen molar-refractivity contribution in [2.45, 2.75) is 26.7 Å². The van der Waals surface area contributed by atoms with Crippen molar-refractivity contribution in [2.75, 3.05) is 11.9 Å². The zero-order valence-electron chi connectivity index (χ0n) is 12.5. The van der Waals surface area contributed by atoms with Crippen molar-refractivity contribution in [2.24, 2.45) is 11.8 Å². The zero-order chi connectivity index (χ0) is 15.2. The average Bonchev–Trinajstić information content (AvgIpc) is 2.43. The van der Waals surface area contributed by atoms with Crippen LogP contribution < -0.4 is 5.32 Å². The minimum atomic E-state index is -0.734. The van der Waals surface area contributed by atoms with Crippen LogP contribution in [0.15, 0.2) is 36.5 Å². The van der Waals surface area contributed by atoms with Crippen molar-refractivity contribution >= 4 is 22.6 Å². The van der Waals surface area contributed by atoms with Gasteiger partial charge in [-0.25, -0.2) is 0 Å². The number of hydrogen-bond acceptors (Lipinski definition) is 3. The van der Waals surface area contributed by atoms with Crippen molar-refractivity contribution in [1.29, 1.82) is 0 Å². The molecular formula is C17H22N2O2. The molecule has 4 heteroatoms. The van der Waals surface area contributed by atoms with Crippen LogP contribution in [0.2, 0.25) is 0 Å². The summed E-state index contributed by atoms with van der Waals surface area (Å²) < 4.78 is 0. The van der Waals surface area contributed by atoms with Crippen molar-refractivity contribution < 1.29 is 9.90 Å². The number of para-hydroxylation sites is 1. The first-order valence-corrected chi connectivity index (χ1v) is 7.35. The molecule has 1 aromatic carbocycles. The van der Waals surface area contributed by atoms with Crippen LogP contribution in [-0.4, -0.2) is 22.6 Å². The summed E-state index contributed by atoms with van der Waals surface area (Å²) in [6.45, 7) is 4.91. The Morgan fingerprint density at radius 1 is 1.29 bits per heavy atom. The summed E-state index contributed by atoms with van der Waals surface area (Å²) in [7, 11) is 0. The number of hydrogen-bond donors (Lipinski definition) is 2. The summed E-state index contributed by atoms with van der Waals surface area (Å²) in [5.74, 6) is -0.109. The second-order valence-corrected chi connectivity index (χ2v) is 5.85. The number of fused-ring (bicyclic) bond motifs is 1. The molecule has 0 bridgehead atoms. The highest BCUT2D eigenvalue weighted by molar-refractivity contribution is 5.90. The Morgan fingerprint density at radius 2 is 2.05 bits per heavy atom. The fourth-order valence-electron chi connectivity index (χ4n) is 2.66. The Bertz CT molecular complexity index is 605. The van der Waals surface area contributed by atoms with E-state index >= 15 is 0 Å². The normalized spacial score (nSPS) is 12.5. The smallest absolute Gasteiger partial charge is 0.303 e. The number of nitrogens with one attached hydrogen (secondary N) is 1. The largest absolute Gasteiger partial charge is 0.481 e. The van der Waals surface area contributed by atoms with E-state index in [-0.39, 0.29) is 12.3 Å². The molecule has 2 aromatic rings. The Morgan fingerprint density at radius 3 is 2.76 bits per heavy atom. The van der Waals surface area contributed by atoms with E-state index in [1.165, 1.54) is 0 Å². The monoisotopic (exact) mass is 286 g/mol. The number of carboxylic acid groups (broad SMARTS) is 1. The van der Waals surface area contributed by atoms with Crippen molar-refractivity contribution in [3.63, 3.8) is 0 Å². The first-order chi connectivity index (χ1) is 10.1. The molecule has 1 aromatic heterocycles. The van der Waals surface area contributed by atoms with Gasteiger partial charge in [0.05, 0.1) is 5.52 Å². The minimum Gasteiger partial charge on any atom is -0.481 e. The van der Waals surface area contributed by atoms with Crippen molar-refractivity contribution in [3.8, 4) is 0 Å². The van der Waals surface area contributed by atoms with Crippen LogP contribution in [0.25, 0.3) is 10.9 Å². The minimum absolute atomic E-state index is 0.134. The highest BCUT2D eigenvalue weighted by Gasteiger charge is 2.15. The third kappa shape index (κ3) is 4.45. The maximum atomic E-state index is 11.0. The number of nitrogens with zero attached hydrogens (tertiary/aromatic N) is 1. The molecule has 1 atom stereocenters. The molecular weight excluding hydrogens is 264 g/mol. The summed E-state index contributed by atoms with van der Waals surface area (Å²) in [6.07, 6.45) is 2.88. The number of aromatic nitrogens is 1. The molecule has 0 amide bonds. The van der Waals surface area contributed by atoms with Gasteiger partial charge in [0.15, 0.2) is 0 Å². The molecule has 112 valence electrons. The second kappa shape index (κ2) is 7.07. The Kier molecular flexibility index (Phi) is 5.14. The summed E-state index contributed by atoms with van der Waals surface area (Å²) in [5, 5.41) is 13.5.